The fourth-order valence-corrected chi connectivity index (χ4v) is 3.20. The molecule has 3 rings (SSSR count). The zero-order chi connectivity index (χ0) is 16.2. The number of carbonyl (C=O) groups is 1. The van der Waals surface area contributed by atoms with Gasteiger partial charge in [-0.1, -0.05) is 18.9 Å². The smallest absolute Gasteiger partial charge is 0.257 e. The Morgan fingerprint density at radius 1 is 1.00 bits per heavy atom. The molecule has 4 nitrogen and oxygen atoms in total. The van der Waals surface area contributed by atoms with E-state index >= 15 is 0 Å². The SMILES string of the molecule is Cc1cc(C)cc(NC(=O)c2cncc(NC3CCCC3)c2)c1. The first-order chi connectivity index (χ1) is 11.1. The van der Waals surface area contributed by atoms with Gasteiger partial charge in [0, 0.05) is 24.1 Å². The van der Waals surface area contributed by atoms with Crippen LogP contribution in [0.3, 0.4) is 0 Å². The number of nitrogens with zero attached hydrogens (tertiary/aromatic N) is 1. The van der Waals surface area contributed by atoms with E-state index in [0.717, 1.165) is 22.5 Å². The largest absolute Gasteiger partial charge is 0.381 e. The molecule has 120 valence electrons. The quantitative estimate of drug-likeness (QED) is 0.885. The van der Waals surface area contributed by atoms with E-state index in [2.05, 4.69) is 21.7 Å². The second-order valence-electron chi connectivity index (χ2n) is 6.42. The predicted molar refractivity (Wildman–Crippen MR) is 94.0 cm³/mol. The van der Waals surface area contributed by atoms with Gasteiger partial charge in [0.05, 0.1) is 11.3 Å². The Kier molecular flexibility index (Phi) is 4.60. The van der Waals surface area contributed by atoms with Gasteiger partial charge in [0.2, 0.25) is 0 Å². The van der Waals surface area contributed by atoms with Crippen LogP contribution in [0.15, 0.2) is 36.7 Å². The predicted octanol–water partition coefficient (Wildman–Crippen LogP) is 4.31. The minimum absolute atomic E-state index is 0.127. The van der Waals surface area contributed by atoms with Crippen LogP contribution in [-0.4, -0.2) is 16.9 Å². The Morgan fingerprint density at radius 3 is 2.39 bits per heavy atom. The Hall–Kier alpha value is -2.36. The molecule has 0 aliphatic heterocycles. The Balaban J connectivity index is 1.71. The van der Waals surface area contributed by atoms with Crippen molar-refractivity contribution in [3.63, 3.8) is 0 Å². The maximum absolute atomic E-state index is 12.4. The fraction of sp³-hybridized carbons (Fsp3) is 0.368. The summed E-state index contributed by atoms with van der Waals surface area (Å²) in [5.41, 5.74) is 4.59. The summed E-state index contributed by atoms with van der Waals surface area (Å²) in [6.45, 7) is 4.05. The van der Waals surface area contributed by atoms with Gasteiger partial charge in [-0.15, -0.1) is 0 Å². The highest BCUT2D eigenvalue weighted by molar-refractivity contribution is 6.04. The van der Waals surface area contributed by atoms with Crippen molar-refractivity contribution in [2.24, 2.45) is 0 Å². The molecule has 1 aliphatic rings. The highest BCUT2D eigenvalue weighted by atomic mass is 16.1. The Morgan fingerprint density at radius 2 is 1.70 bits per heavy atom. The second-order valence-corrected chi connectivity index (χ2v) is 6.42. The molecule has 4 heteroatoms. The zero-order valence-electron chi connectivity index (χ0n) is 13.7. The molecule has 1 amide bonds. The lowest BCUT2D eigenvalue weighted by molar-refractivity contribution is 0.102. The molecule has 2 aromatic rings. The van der Waals surface area contributed by atoms with E-state index in [0.29, 0.717) is 11.6 Å². The van der Waals surface area contributed by atoms with E-state index < -0.39 is 0 Å². The lowest BCUT2D eigenvalue weighted by Crippen LogP contribution is -2.16. The third-order valence-corrected chi connectivity index (χ3v) is 4.21. The summed E-state index contributed by atoms with van der Waals surface area (Å²) in [5.74, 6) is -0.127. The molecule has 1 fully saturated rings. The van der Waals surface area contributed by atoms with Crippen molar-refractivity contribution in [1.82, 2.24) is 4.98 Å². The molecule has 1 aliphatic carbocycles. The maximum atomic E-state index is 12.4. The van der Waals surface area contributed by atoms with E-state index in [-0.39, 0.29) is 5.91 Å². The molecule has 0 radical (unpaired) electrons. The van der Waals surface area contributed by atoms with Gasteiger partial charge in [0.15, 0.2) is 0 Å². The highest BCUT2D eigenvalue weighted by Crippen LogP contribution is 2.22. The first-order valence-electron chi connectivity index (χ1n) is 8.21. The summed E-state index contributed by atoms with van der Waals surface area (Å²) in [7, 11) is 0. The number of hydrogen-bond donors (Lipinski definition) is 2. The van der Waals surface area contributed by atoms with Crippen molar-refractivity contribution in [3.8, 4) is 0 Å². The van der Waals surface area contributed by atoms with Crippen LogP contribution >= 0.6 is 0 Å². The number of nitrogens with one attached hydrogen (secondary N) is 2. The van der Waals surface area contributed by atoms with Gasteiger partial charge in [-0.05, 0) is 56.0 Å². The van der Waals surface area contributed by atoms with Gasteiger partial charge >= 0.3 is 0 Å². The molecule has 0 bridgehead atoms. The van der Waals surface area contributed by atoms with Crippen molar-refractivity contribution < 1.29 is 4.79 Å². The van der Waals surface area contributed by atoms with Crippen molar-refractivity contribution in [2.75, 3.05) is 10.6 Å². The number of amides is 1. The molecule has 0 spiro atoms. The molecule has 1 heterocycles. The van der Waals surface area contributed by atoms with Crippen molar-refractivity contribution >= 4 is 17.3 Å². The standard InChI is InChI=1S/C19H23N3O/c1-13-7-14(2)9-17(8-13)22-19(23)15-10-18(12-20-11-15)21-16-5-3-4-6-16/h7-12,16,21H,3-6H2,1-2H3,(H,22,23). The monoisotopic (exact) mass is 309 g/mol. The Bertz CT molecular complexity index is 685. The third kappa shape index (κ3) is 4.09. The zero-order valence-corrected chi connectivity index (χ0v) is 13.7. The highest BCUT2D eigenvalue weighted by Gasteiger charge is 2.15. The van der Waals surface area contributed by atoms with Crippen LogP contribution < -0.4 is 10.6 Å². The average Bonchev–Trinajstić information content (AvgIpc) is 2.99. The minimum Gasteiger partial charge on any atom is -0.381 e. The number of carbonyl (C=O) groups excluding carboxylic acids is 1. The van der Waals surface area contributed by atoms with Crippen LogP contribution in [0.5, 0.6) is 0 Å². The van der Waals surface area contributed by atoms with E-state index in [1.165, 1.54) is 25.7 Å². The average molecular weight is 309 g/mol. The number of aryl methyl sites for hydroxylation is 2. The van der Waals surface area contributed by atoms with Crippen LogP contribution in [0.1, 0.15) is 47.2 Å². The molecule has 0 atom stereocenters. The van der Waals surface area contributed by atoms with Crippen molar-refractivity contribution in [3.05, 3.63) is 53.3 Å². The normalized spacial score (nSPS) is 14.7. The summed E-state index contributed by atoms with van der Waals surface area (Å²) in [5, 5.41) is 6.43. The van der Waals surface area contributed by atoms with E-state index in [1.807, 2.05) is 32.0 Å². The number of anilines is 2. The van der Waals surface area contributed by atoms with Gasteiger partial charge in [-0.3, -0.25) is 9.78 Å². The fourth-order valence-electron chi connectivity index (χ4n) is 3.20. The molecule has 1 aromatic heterocycles. The summed E-state index contributed by atoms with van der Waals surface area (Å²) >= 11 is 0. The summed E-state index contributed by atoms with van der Waals surface area (Å²) < 4.78 is 0. The van der Waals surface area contributed by atoms with Crippen LogP contribution in [0.25, 0.3) is 0 Å². The van der Waals surface area contributed by atoms with Gasteiger partial charge in [0.25, 0.3) is 5.91 Å². The van der Waals surface area contributed by atoms with Gasteiger partial charge < -0.3 is 10.6 Å². The molecule has 1 aromatic carbocycles. The molecule has 2 N–H and O–H groups in total. The van der Waals surface area contributed by atoms with E-state index in [4.69, 9.17) is 0 Å². The molecule has 23 heavy (non-hydrogen) atoms. The van der Waals surface area contributed by atoms with Crippen LogP contribution in [-0.2, 0) is 0 Å². The molecule has 0 unspecified atom stereocenters. The molecule has 0 saturated heterocycles. The summed E-state index contributed by atoms with van der Waals surface area (Å²) in [4.78, 5) is 16.6. The van der Waals surface area contributed by atoms with Gasteiger partial charge in [-0.2, -0.15) is 0 Å². The molecular weight excluding hydrogens is 286 g/mol. The van der Waals surface area contributed by atoms with Crippen LogP contribution in [0.4, 0.5) is 11.4 Å². The Labute approximate surface area is 137 Å². The summed E-state index contributed by atoms with van der Waals surface area (Å²) in [6.07, 6.45) is 8.33. The molecular formula is C19H23N3O. The van der Waals surface area contributed by atoms with E-state index in [9.17, 15) is 4.79 Å². The number of rotatable bonds is 4. The van der Waals surface area contributed by atoms with Gasteiger partial charge in [-0.25, -0.2) is 0 Å². The second kappa shape index (κ2) is 6.82. The first kappa shape index (κ1) is 15.5. The van der Waals surface area contributed by atoms with Crippen molar-refractivity contribution in [1.29, 1.82) is 0 Å². The molecule has 1 saturated carbocycles. The van der Waals surface area contributed by atoms with Gasteiger partial charge in [0.1, 0.15) is 0 Å². The van der Waals surface area contributed by atoms with Crippen LogP contribution in [0.2, 0.25) is 0 Å². The number of aromatic nitrogens is 1. The number of pyridine rings is 1. The minimum atomic E-state index is -0.127. The third-order valence-electron chi connectivity index (χ3n) is 4.21. The maximum Gasteiger partial charge on any atom is 0.257 e. The number of hydrogen-bond acceptors (Lipinski definition) is 3. The lowest BCUT2D eigenvalue weighted by atomic mass is 10.1. The first-order valence-corrected chi connectivity index (χ1v) is 8.21. The van der Waals surface area contributed by atoms with Crippen LogP contribution in [0, 0.1) is 13.8 Å². The lowest BCUT2D eigenvalue weighted by Gasteiger charge is -2.14. The number of benzene rings is 1. The van der Waals surface area contributed by atoms with Crippen molar-refractivity contribution in [2.45, 2.75) is 45.6 Å². The topological polar surface area (TPSA) is 54.0 Å². The summed E-state index contributed by atoms with van der Waals surface area (Å²) in [6, 6.07) is 8.42. The van der Waals surface area contributed by atoms with E-state index in [1.54, 1.807) is 12.4 Å².